The van der Waals surface area contributed by atoms with E-state index in [1.54, 1.807) is 50.6 Å². The highest BCUT2D eigenvalue weighted by Gasteiger charge is 2.16. The second kappa shape index (κ2) is 14.7. The van der Waals surface area contributed by atoms with Crippen LogP contribution in [-0.4, -0.2) is 40.4 Å². The average molecular weight is 589 g/mol. The summed E-state index contributed by atoms with van der Waals surface area (Å²) in [7, 11) is 6.00. The fourth-order valence-electron chi connectivity index (χ4n) is 5.08. The lowest BCUT2D eigenvalue weighted by atomic mass is 9.99. The van der Waals surface area contributed by atoms with Crippen molar-refractivity contribution in [3.05, 3.63) is 131 Å². The van der Waals surface area contributed by atoms with E-state index in [0.29, 0.717) is 21.9 Å². The van der Waals surface area contributed by atoms with Gasteiger partial charge in [-0.1, -0.05) is 84.9 Å². The summed E-state index contributed by atoms with van der Waals surface area (Å²) in [5.74, 6) is 0.896. The molecule has 0 N–H and O–H groups in total. The zero-order valence-corrected chi connectivity index (χ0v) is 25.8. The van der Waals surface area contributed by atoms with E-state index in [1.165, 1.54) is 36.1 Å². The number of hydrogen-bond acceptors (Lipinski definition) is 6. The Morgan fingerprint density at radius 3 is 1.05 bits per heavy atom. The monoisotopic (exact) mass is 588 g/mol. The standard InChI is InChI=1S/C14H12O4.C12H12O2.C12H12/c1-17-13(15)11-7-8-12(14(16)18-2)10-6-4-3-5-9(10)11;1-13-11-7-8-12(14-2)10-6-4-3-5-9(10)11;1-9-7-8-10(2)12-6-4-3-5-11(9)12/h3-8H,1-2H3;3-8H,1-2H3;3-8H,1-2H3. The smallest absolute Gasteiger partial charge is 0.338 e. The summed E-state index contributed by atoms with van der Waals surface area (Å²) in [4.78, 5) is 23.3. The molecule has 6 aromatic carbocycles. The second-order valence-corrected chi connectivity index (χ2v) is 9.95. The highest BCUT2D eigenvalue weighted by molar-refractivity contribution is 6.11. The number of methoxy groups -OCH3 is 4. The second-order valence-electron chi connectivity index (χ2n) is 9.95. The van der Waals surface area contributed by atoms with Crippen LogP contribution in [0.15, 0.2) is 109 Å². The normalized spacial score (nSPS) is 10.2. The van der Waals surface area contributed by atoms with Crippen LogP contribution in [0.2, 0.25) is 0 Å². The molecule has 0 aliphatic rings. The number of carbonyl (C=O) groups is 2. The molecule has 6 heteroatoms. The maximum Gasteiger partial charge on any atom is 0.338 e. The number of benzene rings is 6. The van der Waals surface area contributed by atoms with Gasteiger partial charge in [-0.05, 0) is 70.8 Å². The molecule has 6 aromatic rings. The van der Waals surface area contributed by atoms with E-state index < -0.39 is 11.9 Å². The van der Waals surface area contributed by atoms with Crippen molar-refractivity contribution in [2.24, 2.45) is 0 Å². The van der Waals surface area contributed by atoms with Crippen LogP contribution in [0.4, 0.5) is 0 Å². The van der Waals surface area contributed by atoms with Crippen LogP contribution >= 0.6 is 0 Å². The van der Waals surface area contributed by atoms with Crippen molar-refractivity contribution in [3.63, 3.8) is 0 Å². The Labute approximate surface area is 257 Å². The van der Waals surface area contributed by atoms with E-state index in [4.69, 9.17) is 18.9 Å². The van der Waals surface area contributed by atoms with Crippen molar-refractivity contribution >= 4 is 44.3 Å². The minimum atomic E-state index is -0.428. The van der Waals surface area contributed by atoms with Crippen LogP contribution in [0, 0.1) is 13.8 Å². The predicted molar refractivity (Wildman–Crippen MR) is 177 cm³/mol. The molecule has 0 unspecified atom stereocenters. The Morgan fingerprint density at radius 2 is 0.727 bits per heavy atom. The fourth-order valence-corrected chi connectivity index (χ4v) is 5.08. The minimum absolute atomic E-state index is 0.428. The number of aryl methyl sites for hydroxylation is 2. The van der Waals surface area contributed by atoms with Gasteiger partial charge in [-0.15, -0.1) is 0 Å². The first-order chi connectivity index (χ1) is 21.3. The highest BCUT2D eigenvalue weighted by atomic mass is 16.5. The molecule has 6 rings (SSSR count). The Morgan fingerprint density at radius 1 is 0.409 bits per heavy atom. The summed E-state index contributed by atoms with van der Waals surface area (Å²) < 4.78 is 20.0. The molecule has 224 valence electrons. The minimum Gasteiger partial charge on any atom is -0.496 e. The number of hydrogen-bond donors (Lipinski definition) is 0. The van der Waals surface area contributed by atoms with Crippen molar-refractivity contribution in [1.82, 2.24) is 0 Å². The molecule has 0 bridgehead atoms. The molecule has 44 heavy (non-hydrogen) atoms. The molecule has 0 fully saturated rings. The predicted octanol–water partition coefficient (Wildman–Crippen LogP) is 8.73. The number of esters is 2. The number of ether oxygens (including phenoxy) is 4. The van der Waals surface area contributed by atoms with E-state index >= 15 is 0 Å². The van der Waals surface area contributed by atoms with E-state index in [0.717, 1.165) is 22.3 Å². The molecule has 0 aliphatic carbocycles. The van der Waals surface area contributed by atoms with Gasteiger partial charge in [0.05, 0.1) is 39.6 Å². The molecule has 0 amide bonds. The van der Waals surface area contributed by atoms with Crippen molar-refractivity contribution in [2.45, 2.75) is 13.8 Å². The van der Waals surface area contributed by atoms with Gasteiger partial charge in [0.1, 0.15) is 11.5 Å². The molecule has 0 spiro atoms. The van der Waals surface area contributed by atoms with Crippen molar-refractivity contribution in [2.75, 3.05) is 28.4 Å². The van der Waals surface area contributed by atoms with Crippen LogP contribution in [0.1, 0.15) is 31.8 Å². The van der Waals surface area contributed by atoms with Gasteiger partial charge in [-0.2, -0.15) is 0 Å². The SMILES string of the molecule is COC(=O)c1ccc(C(=O)OC)c2ccccc12.COc1ccc(OC)c2ccccc12.Cc1ccc(C)c2ccccc12. The maximum atomic E-state index is 11.6. The van der Waals surface area contributed by atoms with Crippen molar-refractivity contribution in [1.29, 1.82) is 0 Å². The summed E-state index contributed by atoms with van der Waals surface area (Å²) in [6.45, 7) is 4.31. The first-order valence-electron chi connectivity index (χ1n) is 14.1. The summed E-state index contributed by atoms with van der Waals surface area (Å²) in [6.07, 6.45) is 0. The topological polar surface area (TPSA) is 71.1 Å². The summed E-state index contributed by atoms with van der Waals surface area (Å²) >= 11 is 0. The molecule has 0 aromatic heterocycles. The van der Waals surface area contributed by atoms with E-state index in [1.807, 2.05) is 36.4 Å². The molecule has 6 nitrogen and oxygen atoms in total. The van der Waals surface area contributed by atoms with Gasteiger partial charge >= 0.3 is 11.9 Å². The number of fused-ring (bicyclic) bond motifs is 3. The van der Waals surface area contributed by atoms with Gasteiger partial charge in [0.15, 0.2) is 0 Å². The first kappa shape index (κ1) is 31.6. The summed E-state index contributed by atoms with van der Waals surface area (Å²) in [6, 6.07) is 35.0. The summed E-state index contributed by atoms with van der Waals surface area (Å²) in [5.41, 5.74) is 3.58. The molecule has 0 aliphatic heterocycles. The Bertz CT molecular complexity index is 1790. The third kappa shape index (κ3) is 6.81. The Balaban J connectivity index is 0.000000154. The van der Waals surface area contributed by atoms with E-state index in [2.05, 4.69) is 50.2 Å². The number of rotatable bonds is 4. The summed E-state index contributed by atoms with van der Waals surface area (Å²) in [5, 5.41) is 6.25. The van der Waals surface area contributed by atoms with Crippen LogP contribution < -0.4 is 9.47 Å². The van der Waals surface area contributed by atoms with Crippen LogP contribution in [0.5, 0.6) is 11.5 Å². The van der Waals surface area contributed by atoms with Crippen LogP contribution in [-0.2, 0) is 9.47 Å². The highest BCUT2D eigenvalue weighted by Crippen LogP contribution is 2.32. The maximum absolute atomic E-state index is 11.6. The number of carbonyl (C=O) groups excluding carboxylic acids is 2. The van der Waals surface area contributed by atoms with Gasteiger partial charge < -0.3 is 18.9 Å². The molecular formula is C38H36O6. The lowest BCUT2D eigenvalue weighted by molar-refractivity contribution is 0.0590. The van der Waals surface area contributed by atoms with Gasteiger partial charge in [-0.3, -0.25) is 0 Å². The lowest BCUT2D eigenvalue weighted by Crippen LogP contribution is -2.06. The van der Waals surface area contributed by atoms with Gasteiger partial charge in [-0.25, -0.2) is 9.59 Å². The molecule has 0 radical (unpaired) electrons. The first-order valence-corrected chi connectivity index (χ1v) is 14.1. The molecule has 0 atom stereocenters. The quantitative estimate of drug-likeness (QED) is 0.192. The van der Waals surface area contributed by atoms with Crippen molar-refractivity contribution in [3.8, 4) is 11.5 Å². The van der Waals surface area contributed by atoms with Gasteiger partial charge in [0, 0.05) is 10.8 Å². The van der Waals surface area contributed by atoms with Crippen LogP contribution in [0.3, 0.4) is 0 Å². The zero-order chi connectivity index (χ0) is 31.6. The average Bonchev–Trinajstić information content (AvgIpc) is 3.09. The Kier molecular flexibility index (Phi) is 10.5. The molecule has 0 saturated carbocycles. The zero-order valence-electron chi connectivity index (χ0n) is 25.8. The van der Waals surface area contributed by atoms with Gasteiger partial charge in [0.2, 0.25) is 0 Å². The molecule has 0 heterocycles. The third-order valence-electron chi connectivity index (χ3n) is 7.38. The van der Waals surface area contributed by atoms with E-state index in [9.17, 15) is 9.59 Å². The van der Waals surface area contributed by atoms with Crippen molar-refractivity contribution < 1.29 is 28.5 Å². The molecular weight excluding hydrogens is 552 g/mol. The van der Waals surface area contributed by atoms with E-state index in [-0.39, 0.29) is 0 Å². The third-order valence-corrected chi connectivity index (χ3v) is 7.38. The largest absolute Gasteiger partial charge is 0.496 e. The molecule has 0 saturated heterocycles. The van der Waals surface area contributed by atoms with Crippen LogP contribution in [0.25, 0.3) is 32.3 Å². The lowest BCUT2D eigenvalue weighted by Gasteiger charge is -2.08. The Hall–Kier alpha value is -5.36. The fraction of sp³-hybridized carbons (Fsp3) is 0.158. The van der Waals surface area contributed by atoms with Gasteiger partial charge in [0.25, 0.3) is 0 Å².